The van der Waals surface area contributed by atoms with Crippen molar-refractivity contribution < 1.29 is 38.1 Å². The van der Waals surface area contributed by atoms with Crippen molar-refractivity contribution in [1.82, 2.24) is 40.8 Å². The van der Waals surface area contributed by atoms with Gasteiger partial charge in [-0.25, -0.2) is 19.6 Å². The van der Waals surface area contributed by atoms with Crippen LogP contribution in [-0.2, 0) is 35.0 Å². The predicted molar refractivity (Wildman–Crippen MR) is 242 cm³/mol. The van der Waals surface area contributed by atoms with Gasteiger partial charge in [0, 0.05) is 50.5 Å². The molecule has 342 valence electrons. The molecule has 3 aromatic carbocycles. The molecule has 5 heterocycles. The summed E-state index contributed by atoms with van der Waals surface area (Å²) in [5.41, 5.74) is 5.60. The van der Waals surface area contributed by atoms with Crippen LogP contribution < -0.4 is 16.0 Å². The van der Waals surface area contributed by atoms with Crippen molar-refractivity contribution in [2.24, 2.45) is 23.7 Å². The number of alkyl carbamates (subject to hydrolysis) is 2. The lowest BCUT2D eigenvalue weighted by molar-refractivity contribution is -0.138. The van der Waals surface area contributed by atoms with E-state index < -0.39 is 24.3 Å². The van der Waals surface area contributed by atoms with Crippen molar-refractivity contribution in [3.8, 4) is 22.4 Å². The molecule has 5 aliphatic rings. The van der Waals surface area contributed by atoms with Crippen molar-refractivity contribution in [2.75, 3.05) is 40.6 Å². The number of fused-ring (bicyclic) bond motifs is 3. The number of rotatable bonds is 13. The van der Waals surface area contributed by atoms with Crippen molar-refractivity contribution in [3.63, 3.8) is 0 Å². The maximum absolute atomic E-state index is 14.3. The number of nitrogens with one attached hydrogen (secondary N) is 5. The van der Waals surface area contributed by atoms with Gasteiger partial charge in [-0.05, 0) is 121 Å². The number of aromatic nitrogens is 4. The summed E-state index contributed by atoms with van der Waals surface area (Å²) in [5, 5.41) is 11.2. The number of carbonyl (C=O) groups is 4. The monoisotopic (exact) mass is 906 g/mol. The van der Waals surface area contributed by atoms with Crippen LogP contribution in [0.4, 0.5) is 9.59 Å². The third-order valence-electron chi connectivity index (χ3n) is 14.3. The van der Waals surface area contributed by atoms with Crippen molar-refractivity contribution in [1.29, 1.82) is 0 Å². The van der Waals surface area contributed by atoms with E-state index in [2.05, 4.69) is 68.4 Å². The Hall–Kier alpha value is -5.71. The summed E-state index contributed by atoms with van der Waals surface area (Å²) >= 11 is 6.85. The standard InChI is InChI=1S/C48H55ClN8O8/c1-62-47(60)54-41(25-11-15-64-16-12-25)45(58)52-35-22-31(35)8-10-39-50-34-9-7-30(21-36(34)51-39)28-3-4-29-20-32(6-5-27(29)19-28)40-43(49)56-44(53-40)38-24-33-23-37(33)57(38)46(59)42(55-48(61)63-2)26-13-17-65-18-14-26/h3-7,9,19-21,25-26,31,33,35,37-38,41-42H,8,10-18,22-24H2,1-2H3,(H,50,51)(H,52,58)(H,53,56)(H,54,60)(H,55,61)/t31-,33+,35+,37+,38-,41-,42-/m0/s1. The lowest BCUT2D eigenvalue weighted by Crippen LogP contribution is -2.54. The summed E-state index contributed by atoms with van der Waals surface area (Å²) in [5.74, 6) is 1.97. The fourth-order valence-electron chi connectivity index (χ4n) is 10.4. The second-order valence-corrected chi connectivity index (χ2v) is 18.7. The molecule has 7 atom stereocenters. The van der Waals surface area contributed by atoms with E-state index >= 15 is 0 Å². The Morgan fingerprint density at radius 3 is 2.12 bits per heavy atom. The third-order valence-corrected chi connectivity index (χ3v) is 14.6. The molecule has 16 nitrogen and oxygen atoms in total. The van der Waals surface area contributed by atoms with Gasteiger partial charge in [0.15, 0.2) is 5.15 Å². The van der Waals surface area contributed by atoms with Crippen LogP contribution >= 0.6 is 11.6 Å². The molecular weight excluding hydrogens is 852 g/mol. The van der Waals surface area contributed by atoms with Crippen LogP contribution in [0.1, 0.15) is 69.1 Å². The number of nitrogens with zero attached hydrogens (tertiary/aromatic N) is 3. The Balaban J connectivity index is 0.786. The van der Waals surface area contributed by atoms with E-state index in [0.717, 1.165) is 76.4 Å². The second kappa shape index (κ2) is 18.3. The molecule has 2 saturated carbocycles. The van der Waals surface area contributed by atoms with Crippen molar-refractivity contribution in [3.05, 3.63) is 71.4 Å². The number of amides is 4. The van der Waals surface area contributed by atoms with E-state index in [1.165, 1.54) is 14.2 Å². The Kier molecular flexibility index (Phi) is 12.2. The summed E-state index contributed by atoms with van der Waals surface area (Å²) in [4.78, 5) is 70.6. The first-order chi connectivity index (χ1) is 31.6. The van der Waals surface area contributed by atoms with Crippen molar-refractivity contribution >= 4 is 57.4 Å². The number of aromatic amines is 2. The number of carbonyl (C=O) groups excluding carboxylic acids is 4. The largest absolute Gasteiger partial charge is 0.453 e. The Bertz CT molecular complexity index is 2600. The third kappa shape index (κ3) is 9.12. The SMILES string of the molecule is COC(=O)N[C@H](C(=O)N[C@@H]1C[C@@H]1CCc1nc2ccc(-c3ccc4cc(-c5[nH]c([C@@H]6C[C@H]7C[C@H]7N6C(=O)[C@@H](NC(=O)OC)C6CCOCC6)nc5Cl)ccc4c3)cc2[nH]1)C1CCOCC1. The summed E-state index contributed by atoms with van der Waals surface area (Å²) < 4.78 is 20.7. The molecule has 65 heavy (non-hydrogen) atoms. The number of hydrogen-bond donors (Lipinski definition) is 5. The Morgan fingerprint density at radius 1 is 0.785 bits per heavy atom. The van der Waals surface area contributed by atoms with Gasteiger partial charge in [-0.1, -0.05) is 41.9 Å². The average molecular weight is 907 g/mol. The van der Waals surface area contributed by atoms with E-state index in [1.807, 2.05) is 17.0 Å². The zero-order valence-corrected chi connectivity index (χ0v) is 37.3. The molecule has 3 aliphatic heterocycles. The zero-order chi connectivity index (χ0) is 44.8. The first kappa shape index (κ1) is 43.2. The molecule has 3 saturated heterocycles. The molecule has 4 amide bonds. The summed E-state index contributed by atoms with van der Waals surface area (Å²) in [6, 6.07) is 17.4. The molecule has 0 spiro atoms. The minimum Gasteiger partial charge on any atom is -0.453 e. The molecule has 0 radical (unpaired) electrons. The lowest BCUT2D eigenvalue weighted by Gasteiger charge is -2.35. The molecule has 0 bridgehead atoms. The van der Waals surface area contributed by atoms with Crippen LogP contribution in [0.2, 0.25) is 5.15 Å². The number of imidazole rings is 2. The normalized spacial score (nSPS) is 24.0. The summed E-state index contributed by atoms with van der Waals surface area (Å²) in [6.07, 6.45) is 5.82. The van der Waals surface area contributed by atoms with E-state index in [0.29, 0.717) is 80.6 Å². The van der Waals surface area contributed by atoms with E-state index in [1.54, 1.807) is 0 Å². The molecule has 17 heteroatoms. The Labute approximate surface area is 381 Å². The summed E-state index contributed by atoms with van der Waals surface area (Å²) in [7, 11) is 2.61. The smallest absolute Gasteiger partial charge is 0.407 e. The maximum Gasteiger partial charge on any atom is 0.407 e. The van der Waals surface area contributed by atoms with E-state index in [-0.39, 0.29) is 41.8 Å². The highest BCUT2D eigenvalue weighted by molar-refractivity contribution is 6.32. The zero-order valence-electron chi connectivity index (χ0n) is 36.6. The van der Waals surface area contributed by atoms with Crippen LogP contribution in [-0.4, -0.2) is 114 Å². The highest BCUT2D eigenvalue weighted by Crippen LogP contribution is 2.54. The number of H-pyrrole nitrogens is 2. The van der Waals surface area contributed by atoms with Gasteiger partial charge in [0.2, 0.25) is 11.8 Å². The molecule has 0 unspecified atom stereocenters. The van der Waals surface area contributed by atoms with Gasteiger partial charge in [0.25, 0.3) is 0 Å². The number of likely N-dealkylation sites (tertiary alicyclic amines) is 1. The van der Waals surface area contributed by atoms with Gasteiger partial charge in [0.05, 0.1) is 37.0 Å². The first-order valence-corrected chi connectivity index (χ1v) is 23.3. The second-order valence-electron chi connectivity index (χ2n) is 18.3. The topological polar surface area (TPSA) is 202 Å². The fraction of sp³-hybridized carbons (Fsp3) is 0.500. The molecule has 5 fully saturated rings. The van der Waals surface area contributed by atoms with Crippen LogP contribution in [0.5, 0.6) is 0 Å². The Morgan fingerprint density at radius 2 is 1.42 bits per heavy atom. The van der Waals surface area contributed by atoms with Crippen LogP contribution in [0, 0.1) is 23.7 Å². The van der Waals surface area contributed by atoms with Gasteiger partial charge >= 0.3 is 12.2 Å². The molecule has 2 aliphatic carbocycles. The van der Waals surface area contributed by atoms with Gasteiger partial charge in [-0.3, -0.25) is 9.59 Å². The maximum atomic E-state index is 14.3. The molecule has 5 aromatic rings. The molecule has 5 N–H and O–H groups in total. The fourth-order valence-corrected chi connectivity index (χ4v) is 10.7. The van der Waals surface area contributed by atoms with E-state index in [4.69, 9.17) is 40.5 Å². The molecular formula is C48H55ClN8O8. The number of methoxy groups -OCH3 is 2. The number of piperidine rings is 1. The van der Waals surface area contributed by atoms with Crippen LogP contribution in [0.15, 0.2) is 54.6 Å². The van der Waals surface area contributed by atoms with Gasteiger partial charge < -0.3 is 49.8 Å². The first-order valence-electron chi connectivity index (χ1n) is 22.9. The summed E-state index contributed by atoms with van der Waals surface area (Å²) in [6.45, 7) is 2.25. The minimum absolute atomic E-state index is 0.00728. The molecule has 2 aromatic heterocycles. The predicted octanol–water partition coefficient (Wildman–Crippen LogP) is 6.83. The van der Waals surface area contributed by atoms with Crippen LogP contribution in [0.25, 0.3) is 44.2 Å². The highest BCUT2D eigenvalue weighted by Gasteiger charge is 2.57. The van der Waals surface area contributed by atoms with Crippen LogP contribution in [0.3, 0.4) is 0 Å². The number of halogens is 1. The van der Waals surface area contributed by atoms with Gasteiger partial charge in [0.1, 0.15) is 23.7 Å². The average Bonchev–Trinajstić information content (AvgIpc) is 4.11. The lowest BCUT2D eigenvalue weighted by atomic mass is 9.90. The number of ether oxygens (including phenoxy) is 4. The highest BCUT2D eigenvalue weighted by atomic mass is 35.5. The molecule has 10 rings (SSSR count). The number of benzene rings is 3. The van der Waals surface area contributed by atoms with Gasteiger partial charge in [-0.2, -0.15) is 0 Å². The van der Waals surface area contributed by atoms with Gasteiger partial charge in [-0.15, -0.1) is 0 Å². The quantitative estimate of drug-likeness (QED) is 0.0834. The number of aryl methyl sites for hydroxylation is 1. The minimum atomic E-state index is -0.709. The van der Waals surface area contributed by atoms with Crippen molar-refractivity contribution in [2.45, 2.75) is 88.0 Å². The number of hydrogen-bond acceptors (Lipinski definition) is 10. The van der Waals surface area contributed by atoms with E-state index in [9.17, 15) is 19.2 Å².